The summed E-state index contributed by atoms with van der Waals surface area (Å²) in [4.78, 5) is 30.5. The fraction of sp³-hybridized carbons (Fsp3) is 0.217. The molecule has 1 saturated heterocycles. The standard InChI is InChI=1S/C23H24N4O2S/c1-26-12-14-27(15-13-26)18-10-8-17(9-11-18)24-22(28)19-5-2-3-6-20(19)25-23(29)21-7-4-16-30-21/h2-11,16H,12-15H2,1H3,(H,24,28)(H,25,29). The lowest BCUT2D eigenvalue weighted by Gasteiger charge is -2.34. The molecule has 1 aromatic heterocycles. The summed E-state index contributed by atoms with van der Waals surface area (Å²) in [5.74, 6) is -0.480. The van der Waals surface area contributed by atoms with Crippen molar-refractivity contribution in [3.05, 3.63) is 76.5 Å². The third kappa shape index (κ3) is 4.69. The molecular formula is C23H24N4O2S. The molecule has 0 unspecified atom stereocenters. The van der Waals surface area contributed by atoms with Gasteiger partial charge >= 0.3 is 0 Å². The lowest BCUT2D eigenvalue weighted by Crippen LogP contribution is -2.44. The highest BCUT2D eigenvalue weighted by molar-refractivity contribution is 7.12. The van der Waals surface area contributed by atoms with Gasteiger partial charge in [0, 0.05) is 37.6 Å². The van der Waals surface area contributed by atoms with E-state index in [1.807, 2.05) is 35.7 Å². The Morgan fingerprint density at radius 3 is 2.27 bits per heavy atom. The Morgan fingerprint density at radius 1 is 0.833 bits per heavy atom. The number of nitrogens with one attached hydrogen (secondary N) is 2. The maximum Gasteiger partial charge on any atom is 0.265 e. The molecule has 2 amide bonds. The van der Waals surface area contributed by atoms with Crippen LogP contribution in [0, 0.1) is 0 Å². The van der Waals surface area contributed by atoms with Crippen LogP contribution in [-0.2, 0) is 0 Å². The molecular weight excluding hydrogens is 396 g/mol. The summed E-state index contributed by atoms with van der Waals surface area (Å²) in [5, 5.41) is 7.61. The molecule has 0 radical (unpaired) electrons. The third-order valence-electron chi connectivity index (χ3n) is 5.16. The van der Waals surface area contributed by atoms with Gasteiger partial charge in [0.1, 0.15) is 0 Å². The van der Waals surface area contributed by atoms with Crippen LogP contribution in [-0.4, -0.2) is 49.9 Å². The Kier molecular flexibility index (Phi) is 6.11. The molecule has 7 heteroatoms. The Hall–Kier alpha value is -3.16. The van der Waals surface area contributed by atoms with Gasteiger partial charge in [-0.15, -0.1) is 11.3 Å². The second-order valence-electron chi connectivity index (χ2n) is 7.27. The van der Waals surface area contributed by atoms with Crippen LogP contribution in [0.25, 0.3) is 0 Å². The number of nitrogens with zero attached hydrogens (tertiary/aromatic N) is 2. The van der Waals surface area contributed by atoms with Gasteiger partial charge in [-0.2, -0.15) is 0 Å². The second-order valence-corrected chi connectivity index (χ2v) is 8.22. The first kappa shape index (κ1) is 20.1. The smallest absolute Gasteiger partial charge is 0.265 e. The van der Waals surface area contributed by atoms with Gasteiger partial charge in [0.25, 0.3) is 11.8 Å². The van der Waals surface area contributed by atoms with Gasteiger partial charge in [-0.1, -0.05) is 18.2 Å². The zero-order valence-corrected chi connectivity index (χ0v) is 17.6. The summed E-state index contributed by atoms with van der Waals surface area (Å²) in [6, 6.07) is 18.5. The van der Waals surface area contributed by atoms with Crippen molar-refractivity contribution in [2.75, 3.05) is 48.8 Å². The van der Waals surface area contributed by atoms with E-state index in [2.05, 4.69) is 27.5 Å². The predicted octanol–water partition coefficient (Wildman–Crippen LogP) is 4.00. The number of carbonyl (C=O) groups excluding carboxylic acids is 2. The van der Waals surface area contributed by atoms with E-state index in [4.69, 9.17) is 0 Å². The van der Waals surface area contributed by atoms with Crippen LogP contribution >= 0.6 is 11.3 Å². The molecule has 2 N–H and O–H groups in total. The van der Waals surface area contributed by atoms with Crippen molar-refractivity contribution in [2.24, 2.45) is 0 Å². The molecule has 0 atom stereocenters. The zero-order valence-electron chi connectivity index (χ0n) is 16.8. The largest absolute Gasteiger partial charge is 0.369 e. The maximum atomic E-state index is 12.8. The van der Waals surface area contributed by atoms with Gasteiger partial charge in [0.2, 0.25) is 0 Å². The second kappa shape index (κ2) is 9.11. The van der Waals surface area contributed by atoms with Crippen LogP contribution < -0.4 is 15.5 Å². The number of thiophene rings is 1. The van der Waals surface area contributed by atoms with E-state index in [9.17, 15) is 9.59 Å². The minimum Gasteiger partial charge on any atom is -0.369 e. The first-order valence-corrected chi connectivity index (χ1v) is 10.8. The Labute approximate surface area is 180 Å². The van der Waals surface area contributed by atoms with Gasteiger partial charge in [-0.25, -0.2) is 0 Å². The number of amides is 2. The molecule has 2 aromatic carbocycles. The highest BCUT2D eigenvalue weighted by atomic mass is 32.1. The van der Waals surface area contributed by atoms with E-state index in [-0.39, 0.29) is 11.8 Å². The topological polar surface area (TPSA) is 64.7 Å². The van der Waals surface area contributed by atoms with Crippen molar-refractivity contribution >= 4 is 40.2 Å². The summed E-state index contributed by atoms with van der Waals surface area (Å²) in [5.41, 5.74) is 2.79. The monoisotopic (exact) mass is 420 g/mol. The van der Waals surface area contributed by atoms with E-state index < -0.39 is 0 Å². The molecule has 1 aliphatic heterocycles. The Bertz CT molecular complexity index is 1010. The minimum atomic E-state index is -0.260. The quantitative estimate of drug-likeness (QED) is 0.655. The van der Waals surface area contributed by atoms with Crippen molar-refractivity contribution < 1.29 is 9.59 Å². The van der Waals surface area contributed by atoms with Gasteiger partial charge in [-0.3, -0.25) is 9.59 Å². The van der Waals surface area contributed by atoms with Crippen molar-refractivity contribution in [3.8, 4) is 0 Å². The van der Waals surface area contributed by atoms with Gasteiger partial charge in [0.05, 0.1) is 16.1 Å². The Morgan fingerprint density at radius 2 is 1.57 bits per heavy atom. The Balaban J connectivity index is 1.43. The molecule has 30 heavy (non-hydrogen) atoms. The molecule has 2 heterocycles. The number of anilines is 3. The van der Waals surface area contributed by atoms with Crippen LogP contribution in [0.1, 0.15) is 20.0 Å². The number of rotatable bonds is 5. The molecule has 1 fully saturated rings. The third-order valence-corrected chi connectivity index (χ3v) is 6.03. The van der Waals surface area contributed by atoms with E-state index in [1.54, 1.807) is 30.3 Å². The number of benzene rings is 2. The maximum absolute atomic E-state index is 12.8. The van der Waals surface area contributed by atoms with Crippen molar-refractivity contribution in [1.29, 1.82) is 0 Å². The van der Waals surface area contributed by atoms with Crippen LogP contribution in [0.2, 0.25) is 0 Å². The van der Waals surface area contributed by atoms with Crippen LogP contribution in [0.4, 0.5) is 17.1 Å². The van der Waals surface area contributed by atoms with Gasteiger partial charge in [-0.05, 0) is 54.9 Å². The highest BCUT2D eigenvalue weighted by Crippen LogP contribution is 2.22. The lowest BCUT2D eigenvalue weighted by atomic mass is 10.1. The summed E-state index contributed by atoms with van der Waals surface area (Å²) in [7, 11) is 2.14. The first-order chi connectivity index (χ1) is 14.6. The molecule has 0 aliphatic carbocycles. The SMILES string of the molecule is CN1CCN(c2ccc(NC(=O)c3ccccc3NC(=O)c3cccs3)cc2)CC1. The molecule has 154 valence electrons. The number of hydrogen-bond acceptors (Lipinski definition) is 5. The molecule has 0 bridgehead atoms. The van der Waals surface area contributed by atoms with Crippen LogP contribution in [0.3, 0.4) is 0 Å². The average molecular weight is 421 g/mol. The fourth-order valence-corrected chi connectivity index (χ4v) is 4.02. The van der Waals surface area contributed by atoms with Crippen molar-refractivity contribution in [2.45, 2.75) is 0 Å². The van der Waals surface area contributed by atoms with Crippen LogP contribution in [0.5, 0.6) is 0 Å². The lowest BCUT2D eigenvalue weighted by molar-refractivity contribution is 0.102. The summed E-state index contributed by atoms with van der Waals surface area (Å²) < 4.78 is 0. The number of para-hydroxylation sites is 1. The molecule has 0 saturated carbocycles. The van der Waals surface area contributed by atoms with E-state index >= 15 is 0 Å². The van der Waals surface area contributed by atoms with Gasteiger partial charge in [0.15, 0.2) is 0 Å². The summed E-state index contributed by atoms with van der Waals surface area (Å²) >= 11 is 1.36. The summed E-state index contributed by atoms with van der Waals surface area (Å²) in [6.07, 6.45) is 0. The average Bonchev–Trinajstić information content (AvgIpc) is 3.30. The van der Waals surface area contributed by atoms with E-state index in [1.165, 1.54) is 11.3 Å². The molecule has 1 aliphatic rings. The molecule has 3 aromatic rings. The molecule has 4 rings (SSSR count). The van der Waals surface area contributed by atoms with E-state index in [0.717, 1.165) is 37.6 Å². The van der Waals surface area contributed by atoms with Crippen LogP contribution in [0.15, 0.2) is 66.0 Å². The zero-order chi connectivity index (χ0) is 20.9. The number of likely N-dealkylation sites (N-methyl/N-ethyl adjacent to an activating group) is 1. The minimum absolute atomic E-state index is 0.221. The van der Waals surface area contributed by atoms with Crippen molar-refractivity contribution in [1.82, 2.24) is 4.90 Å². The number of piperazine rings is 1. The number of hydrogen-bond donors (Lipinski definition) is 2. The molecule has 6 nitrogen and oxygen atoms in total. The first-order valence-electron chi connectivity index (χ1n) is 9.89. The fourth-order valence-electron chi connectivity index (χ4n) is 3.40. The normalized spacial score (nSPS) is 14.4. The van der Waals surface area contributed by atoms with Gasteiger partial charge < -0.3 is 20.4 Å². The van der Waals surface area contributed by atoms with Crippen molar-refractivity contribution in [3.63, 3.8) is 0 Å². The number of carbonyl (C=O) groups is 2. The molecule has 0 spiro atoms. The predicted molar refractivity (Wildman–Crippen MR) is 123 cm³/mol. The summed E-state index contributed by atoms with van der Waals surface area (Å²) in [6.45, 7) is 4.10. The highest BCUT2D eigenvalue weighted by Gasteiger charge is 2.16. The van der Waals surface area contributed by atoms with E-state index in [0.29, 0.717) is 16.1 Å².